The van der Waals surface area contributed by atoms with Gasteiger partial charge in [0.25, 0.3) is 0 Å². The van der Waals surface area contributed by atoms with Gasteiger partial charge in [-0.05, 0) is 43.0 Å². The van der Waals surface area contributed by atoms with Crippen LogP contribution >= 0.6 is 0 Å². The summed E-state index contributed by atoms with van der Waals surface area (Å²) in [6.07, 6.45) is 4.36. The molecule has 2 N–H and O–H groups in total. The second kappa shape index (κ2) is 7.11. The van der Waals surface area contributed by atoms with E-state index >= 15 is 0 Å². The first-order valence-electron chi connectivity index (χ1n) is 7.36. The van der Waals surface area contributed by atoms with Gasteiger partial charge in [-0.15, -0.1) is 0 Å². The summed E-state index contributed by atoms with van der Waals surface area (Å²) in [7, 11) is 1.58. The molecule has 0 bridgehead atoms. The van der Waals surface area contributed by atoms with Gasteiger partial charge in [0.05, 0.1) is 7.11 Å². The summed E-state index contributed by atoms with van der Waals surface area (Å²) in [6, 6.07) is 6.97. The second-order valence-corrected chi connectivity index (χ2v) is 5.52. The largest absolute Gasteiger partial charge is 0.497 e. The molecule has 0 unspecified atom stereocenters. The van der Waals surface area contributed by atoms with E-state index in [1.807, 2.05) is 0 Å². The van der Waals surface area contributed by atoms with Crippen molar-refractivity contribution in [3.63, 3.8) is 0 Å². The number of hydrogen-bond donors (Lipinski definition) is 2. The molecule has 5 nitrogen and oxygen atoms in total. The predicted molar refractivity (Wildman–Crippen MR) is 81.2 cm³/mol. The fourth-order valence-electron chi connectivity index (χ4n) is 2.63. The Balaban J connectivity index is 1.88. The first kappa shape index (κ1) is 15.4. The van der Waals surface area contributed by atoms with E-state index in [1.165, 1.54) is 6.42 Å². The van der Waals surface area contributed by atoms with Crippen molar-refractivity contribution in [1.29, 1.82) is 0 Å². The molecular formula is C16H22N2O3. The van der Waals surface area contributed by atoms with Gasteiger partial charge in [-0.25, -0.2) is 0 Å². The molecule has 0 aliphatic heterocycles. The summed E-state index contributed by atoms with van der Waals surface area (Å²) in [5, 5.41) is 5.43. The SMILES string of the molecule is COc1ccc(NC(=O)C(=O)N[C@H]2CCCC[C@H]2C)cc1. The van der Waals surface area contributed by atoms with Crippen molar-refractivity contribution in [2.24, 2.45) is 5.92 Å². The van der Waals surface area contributed by atoms with Crippen molar-refractivity contribution >= 4 is 17.5 Å². The lowest BCUT2D eigenvalue weighted by Gasteiger charge is -2.29. The van der Waals surface area contributed by atoms with Gasteiger partial charge in [-0.3, -0.25) is 9.59 Å². The molecule has 2 rings (SSSR count). The number of carbonyl (C=O) groups excluding carboxylic acids is 2. The molecule has 0 spiro atoms. The van der Waals surface area contributed by atoms with Gasteiger partial charge in [0, 0.05) is 11.7 Å². The Kier molecular flexibility index (Phi) is 5.20. The van der Waals surface area contributed by atoms with Crippen LogP contribution in [0, 0.1) is 5.92 Å². The molecule has 1 aliphatic carbocycles. The molecule has 5 heteroatoms. The van der Waals surface area contributed by atoms with Crippen LogP contribution in [-0.2, 0) is 9.59 Å². The van der Waals surface area contributed by atoms with Crippen LogP contribution in [-0.4, -0.2) is 25.0 Å². The van der Waals surface area contributed by atoms with E-state index < -0.39 is 11.8 Å². The molecule has 1 saturated carbocycles. The first-order valence-corrected chi connectivity index (χ1v) is 7.36. The molecule has 114 valence electrons. The zero-order chi connectivity index (χ0) is 15.2. The molecule has 2 atom stereocenters. The maximum Gasteiger partial charge on any atom is 0.313 e. The van der Waals surface area contributed by atoms with E-state index in [-0.39, 0.29) is 6.04 Å². The third-order valence-corrected chi connectivity index (χ3v) is 3.98. The number of anilines is 1. The second-order valence-electron chi connectivity index (χ2n) is 5.52. The average molecular weight is 290 g/mol. The molecule has 0 heterocycles. The third-order valence-electron chi connectivity index (χ3n) is 3.98. The number of benzene rings is 1. The topological polar surface area (TPSA) is 67.4 Å². The lowest BCUT2D eigenvalue weighted by molar-refractivity contribution is -0.137. The van der Waals surface area contributed by atoms with Crippen molar-refractivity contribution in [3.8, 4) is 5.75 Å². The molecular weight excluding hydrogens is 268 g/mol. The zero-order valence-electron chi connectivity index (χ0n) is 12.5. The quantitative estimate of drug-likeness (QED) is 0.840. The van der Waals surface area contributed by atoms with E-state index in [4.69, 9.17) is 4.74 Å². The number of ether oxygens (including phenoxy) is 1. The maximum atomic E-state index is 11.9. The Morgan fingerprint density at radius 1 is 1.10 bits per heavy atom. The van der Waals surface area contributed by atoms with Crippen LogP contribution in [0.4, 0.5) is 5.69 Å². The van der Waals surface area contributed by atoms with Gasteiger partial charge in [-0.2, -0.15) is 0 Å². The van der Waals surface area contributed by atoms with E-state index in [0.29, 0.717) is 17.4 Å². The molecule has 1 fully saturated rings. The van der Waals surface area contributed by atoms with Crippen molar-refractivity contribution in [1.82, 2.24) is 5.32 Å². The van der Waals surface area contributed by atoms with E-state index in [0.717, 1.165) is 19.3 Å². The van der Waals surface area contributed by atoms with Crippen molar-refractivity contribution in [2.75, 3.05) is 12.4 Å². The molecule has 0 radical (unpaired) electrons. The molecule has 0 saturated heterocycles. The fourth-order valence-corrected chi connectivity index (χ4v) is 2.63. The number of rotatable bonds is 3. The van der Waals surface area contributed by atoms with Crippen molar-refractivity contribution in [3.05, 3.63) is 24.3 Å². The van der Waals surface area contributed by atoms with Crippen LogP contribution in [0.1, 0.15) is 32.6 Å². The van der Waals surface area contributed by atoms with Gasteiger partial charge in [-0.1, -0.05) is 19.8 Å². The average Bonchev–Trinajstić information content (AvgIpc) is 2.50. The number of hydrogen-bond acceptors (Lipinski definition) is 3. The van der Waals surface area contributed by atoms with Crippen LogP contribution in [0.5, 0.6) is 5.75 Å². The highest BCUT2D eigenvalue weighted by atomic mass is 16.5. The first-order chi connectivity index (χ1) is 10.1. The highest BCUT2D eigenvalue weighted by molar-refractivity contribution is 6.39. The molecule has 1 aromatic rings. The zero-order valence-corrected chi connectivity index (χ0v) is 12.5. The Morgan fingerprint density at radius 2 is 1.76 bits per heavy atom. The monoisotopic (exact) mass is 290 g/mol. The van der Waals surface area contributed by atoms with Crippen molar-refractivity contribution in [2.45, 2.75) is 38.6 Å². The van der Waals surface area contributed by atoms with Gasteiger partial charge in [0.2, 0.25) is 0 Å². The highest BCUT2D eigenvalue weighted by Crippen LogP contribution is 2.23. The Bertz CT molecular complexity index is 499. The summed E-state index contributed by atoms with van der Waals surface area (Å²) in [5.41, 5.74) is 0.577. The number of carbonyl (C=O) groups is 2. The van der Waals surface area contributed by atoms with Crippen LogP contribution in [0.15, 0.2) is 24.3 Å². The van der Waals surface area contributed by atoms with Crippen LogP contribution < -0.4 is 15.4 Å². The van der Waals surface area contributed by atoms with Gasteiger partial charge in [0.1, 0.15) is 5.75 Å². The molecule has 1 aliphatic rings. The lowest BCUT2D eigenvalue weighted by Crippen LogP contribution is -2.45. The summed E-state index contributed by atoms with van der Waals surface area (Å²) in [6.45, 7) is 2.12. The minimum Gasteiger partial charge on any atom is -0.497 e. The highest BCUT2D eigenvalue weighted by Gasteiger charge is 2.25. The van der Waals surface area contributed by atoms with E-state index in [2.05, 4.69) is 17.6 Å². The Labute approximate surface area is 125 Å². The maximum absolute atomic E-state index is 11.9. The Morgan fingerprint density at radius 3 is 2.38 bits per heavy atom. The summed E-state index contributed by atoms with van der Waals surface area (Å²) in [4.78, 5) is 23.8. The van der Waals surface area contributed by atoms with Crippen molar-refractivity contribution < 1.29 is 14.3 Å². The smallest absolute Gasteiger partial charge is 0.313 e. The third kappa shape index (κ3) is 4.21. The molecule has 0 aromatic heterocycles. The molecule has 2 amide bonds. The predicted octanol–water partition coefficient (Wildman–Crippen LogP) is 2.33. The number of nitrogens with one attached hydrogen (secondary N) is 2. The van der Waals surface area contributed by atoms with Crippen LogP contribution in [0.2, 0.25) is 0 Å². The minimum absolute atomic E-state index is 0.105. The minimum atomic E-state index is -0.627. The van der Waals surface area contributed by atoms with E-state index in [1.54, 1.807) is 31.4 Å². The summed E-state index contributed by atoms with van der Waals surface area (Å²) in [5.74, 6) is -0.0625. The molecule has 21 heavy (non-hydrogen) atoms. The Hall–Kier alpha value is -2.04. The van der Waals surface area contributed by atoms with Gasteiger partial charge < -0.3 is 15.4 Å². The summed E-state index contributed by atoms with van der Waals surface area (Å²) < 4.78 is 5.04. The van der Waals surface area contributed by atoms with Gasteiger partial charge >= 0.3 is 11.8 Å². The van der Waals surface area contributed by atoms with Crippen LogP contribution in [0.3, 0.4) is 0 Å². The lowest BCUT2D eigenvalue weighted by atomic mass is 9.86. The van der Waals surface area contributed by atoms with Crippen LogP contribution in [0.25, 0.3) is 0 Å². The standard InChI is InChI=1S/C16H22N2O3/c1-11-5-3-4-6-14(11)18-16(20)15(19)17-12-7-9-13(21-2)10-8-12/h7-11,14H,3-6H2,1-2H3,(H,17,19)(H,18,20)/t11-,14+/m1/s1. The number of amides is 2. The number of methoxy groups -OCH3 is 1. The summed E-state index contributed by atoms with van der Waals surface area (Å²) >= 11 is 0. The van der Waals surface area contributed by atoms with Gasteiger partial charge in [0.15, 0.2) is 0 Å². The normalized spacial score (nSPS) is 21.4. The fraction of sp³-hybridized carbons (Fsp3) is 0.500. The van der Waals surface area contributed by atoms with E-state index in [9.17, 15) is 9.59 Å². The molecule has 1 aromatic carbocycles.